The minimum Gasteiger partial charge on any atom is -0.347 e. The third-order valence-electron chi connectivity index (χ3n) is 4.09. The van der Waals surface area contributed by atoms with Crippen molar-refractivity contribution in [1.29, 1.82) is 0 Å². The molecule has 7 heteroatoms. The highest BCUT2D eigenvalue weighted by molar-refractivity contribution is 7.16. The molecule has 0 aliphatic rings. The maximum absolute atomic E-state index is 13.9. The molecule has 1 aromatic heterocycles. The molecule has 0 saturated carbocycles. The van der Waals surface area contributed by atoms with Crippen molar-refractivity contribution < 1.29 is 14.0 Å². The minimum atomic E-state index is -0.370. The molecule has 0 bridgehead atoms. The topological polar surface area (TPSA) is 71.1 Å². The summed E-state index contributed by atoms with van der Waals surface area (Å²) >= 11 is 1.14. The highest BCUT2D eigenvalue weighted by atomic mass is 32.1. The first-order valence-corrected chi connectivity index (χ1v) is 10.1. The molecule has 5 nitrogen and oxygen atoms in total. The Bertz CT molecular complexity index is 1020. The molecule has 0 unspecified atom stereocenters. The zero-order chi connectivity index (χ0) is 20.8. The van der Waals surface area contributed by atoms with Crippen molar-refractivity contribution in [3.8, 4) is 10.6 Å². The number of carbonyl (C=O) groups is 2. The van der Waals surface area contributed by atoms with Gasteiger partial charge in [0.15, 0.2) is 0 Å². The summed E-state index contributed by atoms with van der Waals surface area (Å²) in [6.07, 6.45) is 1.90. The summed E-state index contributed by atoms with van der Waals surface area (Å²) in [4.78, 5) is 28.9. The number of benzene rings is 2. The van der Waals surface area contributed by atoms with Gasteiger partial charge in [-0.2, -0.15) is 0 Å². The van der Waals surface area contributed by atoms with Crippen LogP contribution in [0.15, 0.2) is 54.7 Å². The van der Waals surface area contributed by atoms with Crippen LogP contribution in [0.3, 0.4) is 0 Å². The summed E-state index contributed by atoms with van der Waals surface area (Å²) in [6.45, 7) is 4.28. The Hall–Kier alpha value is -3.06. The van der Waals surface area contributed by atoms with Crippen LogP contribution in [0.2, 0.25) is 0 Å². The van der Waals surface area contributed by atoms with Crippen molar-refractivity contribution in [3.63, 3.8) is 0 Å². The summed E-state index contributed by atoms with van der Waals surface area (Å²) in [5, 5.41) is 6.16. The molecule has 0 saturated heterocycles. The molecule has 1 heterocycles. The van der Waals surface area contributed by atoms with Gasteiger partial charge in [0, 0.05) is 24.2 Å². The van der Waals surface area contributed by atoms with Crippen molar-refractivity contribution in [1.82, 2.24) is 10.3 Å². The van der Waals surface area contributed by atoms with Crippen molar-refractivity contribution in [2.24, 2.45) is 5.92 Å². The molecule has 3 aromatic rings. The van der Waals surface area contributed by atoms with Crippen molar-refractivity contribution in [2.75, 3.05) is 5.32 Å². The van der Waals surface area contributed by atoms with E-state index >= 15 is 0 Å². The predicted octanol–water partition coefficient (Wildman–Crippen LogP) is 4.86. The van der Waals surface area contributed by atoms with E-state index in [2.05, 4.69) is 15.6 Å². The van der Waals surface area contributed by atoms with Crippen LogP contribution < -0.4 is 10.6 Å². The summed E-state index contributed by atoms with van der Waals surface area (Å²) < 4.78 is 13.9. The maximum Gasteiger partial charge on any atom is 0.263 e. The number of rotatable bonds is 7. The molecule has 0 atom stereocenters. The molecule has 0 aliphatic heterocycles. The van der Waals surface area contributed by atoms with Crippen molar-refractivity contribution in [2.45, 2.75) is 26.8 Å². The van der Waals surface area contributed by atoms with E-state index in [1.54, 1.807) is 18.2 Å². The number of aromatic nitrogens is 1. The first-order chi connectivity index (χ1) is 13.9. The van der Waals surface area contributed by atoms with Crippen molar-refractivity contribution >= 4 is 28.8 Å². The fourth-order valence-corrected chi connectivity index (χ4v) is 3.61. The minimum absolute atomic E-state index is 0.0356. The first kappa shape index (κ1) is 20.7. The monoisotopic (exact) mass is 411 g/mol. The van der Waals surface area contributed by atoms with E-state index < -0.39 is 0 Å². The maximum atomic E-state index is 13.9. The second kappa shape index (κ2) is 9.43. The average Bonchev–Trinajstić information content (AvgIpc) is 3.16. The van der Waals surface area contributed by atoms with Crippen molar-refractivity contribution in [3.05, 3.63) is 71.0 Å². The Kier molecular flexibility index (Phi) is 6.72. The number of halogens is 1. The quantitative estimate of drug-likeness (QED) is 0.583. The van der Waals surface area contributed by atoms with E-state index in [0.717, 1.165) is 16.9 Å². The zero-order valence-electron chi connectivity index (χ0n) is 16.2. The molecule has 29 heavy (non-hydrogen) atoms. The molecule has 2 aromatic carbocycles. The second-order valence-electron chi connectivity index (χ2n) is 7.04. The normalized spacial score (nSPS) is 10.8. The summed E-state index contributed by atoms with van der Waals surface area (Å²) in [6, 6.07) is 13.7. The summed E-state index contributed by atoms with van der Waals surface area (Å²) in [5.41, 5.74) is 1.93. The number of amides is 2. The summed E-state index contributed by atoms with van der Waals surface area (Å²) in [5.74, 6) is -0.401. The Morgan fingerprint density at radius 3 is 2.69 bits per heavy atom. The third kappa shape index (κ3) is 5.71. The Morgan fingerprint density at radius 1 is 1.14 bits per heavy atom. The van der Waals surface area contributed by atoms with Crippen LogP contribution in [0, 0.1) is 11.7 Å². The molecule has 0 radical (unpaired) electrons. The van der Waals surface area contributed by atoms with Crippen LogP contribution in [0.25, 0.3) is 10.6 Å². The molecule has 3 rings (SSSR count). The van der Waals surface area contributed by atoms with Crippen LogP contribution in [0.5, 0.6) is 0 Å². The number of hydrogen-bond acceptors (Lipinski definition) is 4. The van der Waals surface area contributed by atoms with E-state index in [9.17, 15) is 14.0 Å². The lowest BCUT2D eigenvalue weighted by Crippen LogP contribution is -2.22. The number of carbonyl (C=O) groups excluding carboxylic acids is 2. The van der Waals surface area contributed by atoms with Gasteiger partial charge >= 0.3 is 0 Å². The molecule has 2 N–H and O–H groups in total. The van der Waals surface area contributed by atoms with Crippen LogP contribution in [-0.2, 0) is 11.3 Å². The Balaban J connectivity index is 1.61. The molecule has 0 aliphatic carbocycles. The lowest BCUT2D eigenvalue weighted by molar-refractivity contribution is -0.116. The molecule has 0 fully saturated rings. The van der Waals surface area contributed by atoms with Crippen LogP contribution in [0.4, 0.5) is 10.1 Å². The predicted molar refractivity (Wildman–Crippen MR) is 113 cm³/mol. The number of hydrogen-bond donors (Lipinski definition) is 2. The Morgan fingerprint density at radius 2 is 1.93 bits per heavy atom. The smallest absolute Gasteiger partial charge is 0.263 e. The average molecular weight is 412 g/mol. The van der Waals surface area contributed by atoms with E-state index in [1.807, 2.05) is 38.1 Å². The number of anilines is 1. The van der Waals surface area contributed by atoms with Gasteiger partial charge in [0.25, 0.3) is 5.91 Å². The van der Waals surface area contributed by atoms with E-state index in [4.69, 9.17) is 0 Å². The van der Waals surface area contributed by atoms with E-state index in [-0.39, 0.29) is 23.5 Å². The molecule has 2 amide bonds. The second-order valence-corrected chi connectivity index (χ2v) is 8.07. The lowest BCUT2D eigenvalue weighted by Gasteiger charge is -2.09. The van der Waals surface area contributed by atoms with Gasteiger partial charge in [0.05, 0.1) is 6.20 Å². The van der Waals surface area contributed by atoms with Gasteiger partial charge in [-0.15, -0.1) is 11.3 Å². The van der Waals surface area contributed by atoms with Gasteiger partial charge in [0.1, 0.15) is 15.7 Å². The molecule has 0 spiro atoms. The lowest BCUT2D eigenvalue weighted by atomic mass is 10.1. The molecular formula is C22H22FN3O2S. The molecule has 150 valence electrons. The SMILES string of the molecule is CC(C)CC(=O)Nc1cccc(CNC(=O)c2cnc(-c3ccccc3F)s2)c1. The van der Waals surface area contributed by atoms with Crippen LogP contribution in [0.1, 0.15) is 35.5 Å². The number of nitrogens with one attached hydrogen (secondary N) is 2. The van der Waals surface area contributed by atoms with E-state index in [1.165, 1.54) is 12.3 Å². The van der Waals surface area contributed by atoms with Gasteiger partial charge < -0.3 is 10.6 Å². The van der Waals surface area contributed by atoms with Gasteiger partial charge in [0.2, 0.25) is 5.91 Å². The molecular weight excluding hydrogens is 389 g/mol. The van der Waals surface area contributed by atoms with Crippen LogP contribution >= 0.6 is 11.3 Å². The Labute approximate surface area is 173 Å². The number of thiazole rings is 1. The van der Waals surface area contributed by atoms with Gasteiger partial charge in [-0.25, -0.2) is 9.37 Å². The van der Waals surface area contributed by atoms with Gasteiger partial charge in [-0.1, -0.05) is 38.1 Å². The van der Waals surface area contributed by atoms with Gasteiger partial charge in [-0.3, -0.25) is 9.59 Å². The largest absolute Gasteiger partial charge is 0.347 e. The standard InChI is InChI=1S/C22H22FN3O2S/c1-14(2)10-20(27)26-16-7-5-6-15(11-16)12-24-21(28)19-13-25-22(29-19)17-8-3-4-9-18(17)23/h3-9,11,13-14H,10,12H2,1-2H3,(H,24,28)(H,26,27). The fourth-order valence-electron chi connectivity index (χ4n) is 2.75. The number of nitrogens with zero attached hydrogens (tertiary/aromatic N) is 1. The first-order valence-electron chi connectivity index (χ1n) is 9.30. The van der Waals surface area contributed by atoms with E-state index in [0.29, 0.717) is 34.1 Å². The van der Waals surface area contributed by atoms with Crippen LogP contribution in [-0.4, -0.2) is 16.8 Å². The summed E-state index contributed by atoms with van der Waals surface area (Å²) in [7, 11) is 0. The van der Waals surface area contributed by atoms with Gasteiger partial charge in [-0.05, 0) is 35.7 Å². The fraction of sp³-hybridized carbons (Fsp3) is 0.227. The zero-order valence-corrected chi connectivity index (χ0v) is 17.1. The third-order valence-corrected chi connectivity index (χ3v) is 5.12. The highest BCUT2D eigenvalue weighted by Crippen LogP contribution is 2.27. The highest BCUT2D eigenvalue weighted by Gasteiger charge is 2.14.